The van der Waals surface area contributed by atoms with Crippen molar-refractivity contribution in [2.24, 2.45) is 0 Å². The van der Waals surface area contributed by atoms with Crippen LogP contribution in [0.4, 0.5) is 4.79 Å². The third kappa shape index (κ3) is 8.63. The van der Waals surface area contributed by atoms with Crippen molar-refractivity contribution >= 4 is 12.1 Å². The molecule has 0 aliphatic rings. The number of ether oxygens (including phenoxy) is 3. The molecule has 0 aliphatic carbocycles. The smallest absolute Gasteiger partial charge is 0.408 e. The standard InChI is InChI=1S/C23H34N4O6/c1-22(2,3)32-19(28)18(25-20(29)33-23(4,5)6)12-13-27-21(30)26(15-24-27)14-16-8-10-17(31-7)11-9-16/h8-11,15,18H,12-14H2,1-7H3,(H,25,29)/t18-/m0/s1. The molecular weight excluding hydrogens is 428 g/mol. The van der Waals surface area contributed by atoms with Gasteiger partial charge in [-0.3, -0.25) is 4.57 Å². The molecule has 10 heteroatoms. The van der Waals surface area contributed by atoms with Gasteiger partial charge in [0.2, 0.25) is 0 Å². The van der Waals surface area contributed by atoms with Crippen molar-refractivity contribution in [3.63, 3.8) is 0 Å². The van der Waals surface area contributed by atoms with Crippen LogP contribution in [0, 0.1) is 0 Å². The van der Waals surface area contributed by atoms with Crippen LogP contribution in [0.5, 0.6) is 5.75 Å². The Morgan fingerprint density at radius 3 is 2.18 bits per heavy atom. The molecule has 1 aromatic heterocycles. The third-order valence-corrected chi connectivity index (χ3v) is 4.32. The molecule has 1 amide bonds. The van der Waals surface area contributed by atoms with Crippen LogP contribution in [0.25, 0.3) is 0 Å². The fraction of sp³-hybridized carbons (Fsp3) is 0.565. The van der Waals surface area contributed by atoms with Crippen molar-refractivity contribution < 1.29 is 23.8 Å². The largest absolute Gasteiger partial charge is 0.497 e. The molecule has 0 radical (unpaired) electrons. The molecule has 10 nitrogen and oxygen atoms in total. The number of carbonyl (C=O) groups excluding carboxylic acids is 2. The van der Waals surface area contributed by atoms with Crippen LogP contribution in [0.3, 0.4) is 0 Å². The van der Waals surface area contributed by atoms with Gasteiger partial charge >= 0.3 is 17.8 Å². The number of rotatable bonds is 8. The molecule has 0 fully saturated rings. The van der Waals surface area contributed by atoms with Gasteiger partial charge in [0.05, 0.1) is 13.7 Å². The lowest BCUT2D eigenvalue weighted by atomic mass is 10.1. The lowest BCUT2D eigenvalue weighted by Crippen LogP contribution is -2.46. The molecular formula is C23H34N4O6. The van der Waals surface area contributed by atoms with Crippen LogP contribution in [-0.2, 0) is 27.4 Å². The third-order valence-electron chi connectivity index (χ3n) is 4.32. The van der Waals surface area contributed by atoms with Crippen molar-refractivity contribution in [1.29, 1.82) is 0 Å². The summed E-state index contributed by atoms with van der Waals surface area (Å²) in [7, 11) is 1.59. The lowest BCUT2D eigenvalue weighted by molar-refractivity contribution is -0.157. The lowest BCUT2D eigenvalue weighted by Gasteiger charge is -2.26. The Morgan fingerprint density at radius 1 is 1.03 bits per heavy atom. The molecule has 182 valence electrons. The quantitative estimate of drug-likeness (QED) is 0.600. The van der Waals surface area contributed by atoms with Gasteiger partial charge in [-0.05, 0) is 65.7 Å². The van der Waals surface area contributed by atoms with E-state index >= 15 is 0 Å². The number of methoxy groups -OCH3 is 1. The molecule has 1 N–H and O–H groups in total. The number of amides is 1. The summed E-state index contributed by atoms with van der Waals surface area (Å²) in [6.45, 7) is 10.8. The Bertz CT molecular complexity index is 996. The Labute approximate surface area is 193 Å². The second-order valence-corrected chi connectivity index (χ2v) is 9.63. The maximum atomic E-state index is 12.7. The highest BCUT2D eigenvalue weighted by atomic mass is 16.6. The van der Waals surface area contributed by atoms with Gasteiger partial charge in [-0.2, -0.15) is 5.10 Å². The van der Waals surface area contributed by atoms with E-state index in [1.54, 1.807) is 48.7 Å². The van der Waals surface area contributed by atoms with E-state index in [4.69, 9.17) is 14.2 Å². The van der Waals surface area contributed by atoms with Crippen molar-refractivity contribution in [3.8, 4) is 5.75 Å². The molecule has 2 aromatic rings. The summed E-state index contributed by atoms with van der Waals surface area (Å²) >= 11 is 0. The van der Waals surface area contributed by atoms with Crippen LogP contribution >= 0.6 is 0 Å². The SMILES string of the molecule is COc1ccc(Cn2cnn(CC[C@H](NC(=O)OC(C)(C)C)C(=O)OC(C)(C)C)c2=O)cc1. The van der Waals surface area contributed by atoms with E-state index < -0.39 is 29.3 Å². The first-order valence-corrected chi connectivity index (χ1v) is 10.7. The summed E-state index contributed by atoms with van der Waals surface area (Å²) in [5.74, 6) is 0.117. The van der Waals surface area contributed by atoms with Crippen molar-refractivity contribution in [3.05, 3.63) is 46.6 Å². The summed E-state index contributed by atoms with van der Waals surface area (Å²) in [6.07, 6.45) is 0.806. The van der Waals surface area contributed by atoms with E-state index in [1.165, 1.54) is 15.6 Å². The van der Waals surface area contributed by atoms with E-state index in [1.807, 2.05) is 24.3 Å². The van der Waals surface area contributed by atoms with Gasteiger partial charge in [-0.25, -0.2) is 19.1 Å². The van der Waals surface area contributed by atoms with Crippen molar-refractivity contribution in [2.75, 3.05) is 7.11 Å². The minimum atomic E-state index is -1.00. The predicted octanol–water partition coefficient (Wildman–Crippen LogP) is 2.73. The molecule has 0 saturated heterocycles. The van der Waals surface area contributed by atoms with Crippen LogP contribution in [0.1, 0.15) is 53.5 Å². The van der Waals surface area contributed by atoms with E-state index in [9.17, 15) is 14.4 Å². The summed E-state index contributed by atoms with van der Waals surface area (Å²) < 4.78 is 18.5. The Morgan fingerprint density at radius 2 is 1.64 bits per heavy atom. The Hall–Kier alpha value is -3.30. The second kappa shape index (κ2) is 10.5. The fourth-order valence-corrected chi connectivity index (χ4v) is 2.88. The fourth-order valence-electron chi connectivity index (χ4n) is 2.88. The minimum Gasteiger partial charge on any atom is -0.497 e. The molecule has 0 spiro atoms. The molecule has 0 aliphatic heterocycles. The highest BCUT2D eigenvalue weighted by Crippen LogP contribution is 2.13. The first-order valence-electron chi connectivity index (χ1n) is 10.7. The van der Waals surface area contributed by atoms with E-state index in [0.717, 1.165) is 11.3 Å². The van der Waals surface area contributed by atoms with Crippen LogP contribution in [0.15, 0.2) is 35.4 Å². The predicted molar refractivity (Wildman–Crippen MR) is 122 cm³/mol. The van der Waals surface area contributed by atoms with Gasteiger partial charge in [0.15, 0.2) is 0 Å². The zero-order valence-corrected chi connectivity index (χ0v) is 20.4. The Balaban J connectivity index is 2.09. The van der Waals surface area contributed by atoms with Gasteiger partial charge in [-0.1, -0.05) is 12.1 Å². The summed E-state index contributed by atoms with van der Waals surface area (Å²) in [5, 5.41) is 6.68. The zero-order valence-electron chi connectivity index (χ0n) is 20.4. The summed E-state index contributed by atoms with van der Waals surface area (Å²) in [6, 6.07) is 6.37. The molecule has 0 unspecified atom stereocenters. The normalized spacial score (nSPS) is 12.7. The molecule has 0 saturated carbocycles. The van der Waals surface area contributed by atoms with E-state index in [0.29, 0.717) is 6.54 Å². The number of hydrogen-bond donors (Lipinski definition) is 1. The van der Waals surface area contributed by atoms with Crippen LogP contribution in [-0.4, -0.2) is 50.8 Å². The highest BCUT2D eigenvalue weighted by molar-refractivity contribution is 5.81. The topological polar surface area (TPSA) is 114 Å². The molecule has 2 rings (SSSR count). The average molecular weight is 463 g/mol. The van der Waals surface area contributed by atoms with Crippen LogP contribution in [0.2, 0.25) is 0 Å². The highest BCUT2D eigenvalue weighted by Gasteiger charge is 2.29. The molecule has 33 heavy (non-hydrogen) atoms. The monoisotopic (exact) mass is 462 g/mol. The maximum Gasteiger partial charge on any atom is 0.408 e. The number of esters is 1. The van der Waals surface area contributed by atoms with Crippen LogP contribution < -0.4 is 15.7 Å². The van der Waals surface area contributed by atoms with Gasteiger partial charge < -0.3 is 19.5 Å². The zero-order chi connectivity index (χ0) is 24.8. The number of hydrogen-bond acceptors (Lipinski definition) is 7. The second-order valence-electron chi connectivity index (χ2n) is 9.63. The summed E-state index contributed by atoms with van der Waals surface area (Å²) in [4.78, 5) is 37.6. The average Bonchev–Trinajstić information content (AvgIpc) is 3.02. The molecule has 1 heterocycles. The van der Waals surface area contributed by atoms with E-state index in [2.05, 4.69) is 10.4 Å². The van der Waals surface area contributed by atoms with Gasteiger partial charge in [0, 0.05) is 6.54 Å². The minimum absolute atomic E-state index is 0.105. The van der Waals surface area contributed by atoms with Crippen molar-refractivity contribution in [2.45, 2.75) is 78.3 Å². The van der Waals surface area contributed by atoms with Gasteiger partial charge in [-0.15, -0.1) is 0 Å². The number of alkyl carbamates (subject to hydrolysis) is 1. The first-order chi connectivity index (χ1) is 15.3. The number of nitrogens with one attached hydrogen (secondary N) is 1. The van der Waals surface area contributed by atoms with Gasteiger partial charge in [0.25, 0.3) is 0 Å². The molecule has 0 bridgehead atoms. The van der Waals surface area contributed by atoms with Gasteiger partial charge in [0.1, 0.15) is 29.3 Å². The number of aryl methyl sites for hydroxylation is 1. The number of nitrogens with zero attached hydrogens (tertiary/aromatic N) is 3. The first kappa shape index (κ1) is 26.0. The summed E-state index contributed by atoms with van der Waals surface area (Å²) in [5.41, 5.74) is -0.872. The number of benzene rings is 1. The molecule has 1 atom stereocenters. The molecule has 1 aromatic carbocycles. The maximum absolute atomic E-state index is 12.7. The number of aromatic nitrogens is 3. The Kier molecular flexibility index (Phi) is 8.29. The number of carbonyl (C=O) groups is 2. The van der Waals surface area contributed by atoms with Crippen molar-refractivity contribution in [1.82, 2.24) is 19.7 Å². The van der Waals surface area contributed by atoms with E-state index in [-0.39, 0.29) is 18.7 Å².